The topological polar surface area (TPSA) is 21.8 Å². The summed E-state index contributed by atoms with van der Waals surface area (Å²) >= 11 is 0. The maximum absolute atomic E-state index is 5.30. The Balaban J connectivity index is 1.75. The first-order valence-electron chi connectivity index (χ1n) is 6.17. The molecule has 1 aliphatic heterocycles. The minimum Gasteiger partial charge on any atom is -0.499 e. The molecule has 0 N–H and O–H groups in total. The Morgan fingerprint density at radius 2 is 2.13 bits per heavy atom. The molecule has 1 heterocycles. The number of ether oxygens (including phenoxy) is 2. The van der Waals surface area contributed by atoms with Crippen molar-refractivity contribution in [3.8, 4) is 0 Å². The van der Waals surface area contributed by atoms with Crippen LogP contribution in [0.2, 0.25) is 0 Å². The Bertz CT molecular complexity index is 171. The first kappa shape index (κ1) is 12.6. The molecule has 0 spiro atoms. The van der Waals surface area contributed by atoms with Gasteiger partial charge in [0.05, 0.1) is 12.9 Å². The maximum atomic E-state index is 5.30. The molecule has 1 rings (SSSR count). The number of unbranched alkanes of at least 4 members (excludes halogenated alkanes) is 3. The molecule has 0 aromatic heterocycles. The van der Waals surface area contributed by atoms with Crippen LogP contribution in [0, 0.1) is 5.92 Å². The number of epoxide rings is 1. The summed E-state index contributed by atoms with van der Waals surface area (Å²) in [6.07, 6.45) is 10.8. The van der Waals surface area contributed by atoms with Gasteiger partial charge in [-0.1, -0.05) is 33.1 Å². The summed E-state index contributed by atoms with van der Waals surface area (Å²) in [7, 11) is 0. The highest BCUT2D eigenvalue weighted by molar-refractivity contribution is 4.75. The molecule has 0 bridgehead atoms. The first-order chi connectivity index (χ1) is 7.29. The fourth-order valence-corrected chi connectivity index (χ4v) is 1.45. The number of hydrogen-bond acceptors (Lipinski definition) is 2. The van der Waals surface area contributed by atoms with Gasteiger partial charge in [0.1, 0.15) is 12.7 Å². The normalized spacial score (nSPS) is 20.1. The van der Waals surface area contributed by atoms with Crippen LogP contribution in [0.1, 0.15) is 46.0 Å². The van der Waals surface area contributed by atoms with Gasteiger partial charge in [0.25, 0.3) is 0 Å². The molecular weight excluding hydrogens is 188 g/mol. The second kappa shape index (κ2) is 7.75. The average Bonchev–Trinajstić information content (AvgIpc) is 2.98. The Hall–Kier alpha value is -0.500. The smallest absolute Gasteiger partial charge is 0.116 e. The van der Waals surface area contributed by atoms with Gasteiger partial charge in [-0.3, -0.25) is 0 Å². The van der Waals surface area contributed by atoms with Crippen molar-refractivity contribution in [3.05, 3.63) is 12.3 Å². The van der Waals surface area contributed by atoms with E-state index in [1.54, 1.807) is 0 Å². The summed E-state index contributed by atoms with van der Waals surface area (Å²) in [5, 5.41) is 0. The van der Waals surface area contributed by atoms with Gasteiger partial charge >= 0.3 is 0 Å². The Kier molecular flexibility index (Phi) is 6.49. The molecule has 0 radical (unpaired) electrons. The Morgan fingerprint density at radius 3 is 2.80 bits per heavy atom. The molecule has 2 heteroatoms. The lowest BCUT2D eigenvalue weighted by atomic mass is 10.0. The molecule has 0 saturated carbocycles. The van der Waals surface area contributed by atoms with Gasteiger partial charge in [-0.2, -0.15) is 0 Å². The van der Waals surface area contributed by atoms with Crippen molar-refractivity contribution in [2.45, 2.75) is 52.1 Å². The van der Waals surface area contributed by atoms with E-state index in [0.29, 0.717) is 6.10 Å². The van der Waals surface area contributed by atoms with Crippen molar-refractivity contribution in [2.24, 2.45) is 5.92 Å². The van der Waals surface area contributed by atoms with E-state index in [1.807, 2.05) is 6.26 Å². The second-order valence-corrected chi connectivity index (χ2v) is 4.69. The minimum absolute atomic E-state index is 0.376. The summed E-state index contributed by atoms with van der Waals surface area (Å²) in [4.78, 5) is 0. The predicted octanol–water partition coefficient (Wildman–Crippen LogP) is 3.52. The fourth-order valence-electron chi connectivity index (χ4n) is 1.45. The van der Waals surface area contributed by atoms with Gasteiger partial charge in [-0.05, 0) is 24.8 Å². The summed E-state index contributed by atoms with van der Waals surface area (Å²) in [6, 6.07) is 0. The van der Waals surface area contributed by atoms with Crippen molar-refractivity contribution in [2.75, 3.05) is 13.2 Å². The summed E-state index contributed by atoms with van der Waals surface area (Å²) in [6.45, 7) is 6.17. The first-order valence-corrected chi connectivity index (χ1v) is 6.17. The van der Waals surface area contributed by atoms with Crippen LogP contribution in [0.4, 0.5) is 0 Å². The maximum Gasteiger partial charge on any atom is 0.116 e. The summed E-state index contributed by atoms with van der Waals surface area (Å²) in [5.74, 6) is 0.849. The highest BCUT2D eigenvalue weighted by atomic mass is 16.6. The van der Waals surface area contributed by atoms with Crippen LogP contribution in [0.5, 0.6) is 0 Å². The van der Waals surface area contributed by atoms with Gasteiger partial charge in [0.15, 0.2) is 0 Å². The van der Waals surface area contributed by atoms with Gasteiger partial charge in [0.2, 0.25) is 0 Å². The van der Waals surface area contributed by atoms with E-state index in [9.17, 15) is 0 Å². The molecule has 15 heavy (non-hydrogen) atoms. The van der Waals surface area contributed by atoms with E-state index in [4.69, 9.17) is 9.47 Å². The quantitative estimate of drug-likeness (QED) is 0.331. The zero-order valence-corrected chi connectivity index (χ0v) is 10.1. The lowest BCUT2D eigenvalue weighted by Crippen LogP contribution is -1.95. The standard InChI is InChI=1S/C13H24O2/c1-12(2)8-6-4-3-5-7-9-14-10-13-11-15-13/h7,9,12-13H,3-6,8,10-11H2,1-2H3. The van der Waals surface area contributed by atoms with Crippen LogP contribution in [0.15, 0.2) is 12.3 Å². The van der Waals surface area contributed by atoms with E-state index in [-0.39, 0.29) is 0 Å². The second-order valence-electron chi connectivity index (χ2n) is 4.69. The molecule has 0 amide bonds. The van der Waals surface area contributed by atoms with E-state index in [0.717, 1.165) is 25.6 Å². The van der Waals surface area contributed by atoms with Crippen molar-refractivity contribution in [3.63, 3.8) is 0 Å². The van der Waals surface area contributed by atoms with E-state index in [2.05, 4.69) is 19.9 Å². The molecule has 0 aromatic rings. The molecule has 0 aliphatic carbocycles. The van der Waals surface area contributed by atoms with Gasteiger partial charge in [-0.15, -0.1) is 0 Å². The van der Waals surface area contributed by atoms with E-state index >= 15 is 0 Å². The highest BCUT2D eigenvalue weighted by Gasteiger charge is 2.22. The lowest BCUT2D eigenvalue weighted by molar-refractivity contribution is 0.211. The van der Waals surface area contributed by atoms with Crippen molar-refractivity contribution in [1.29, 1.82) is 0 Å². The lowest BCUT2D eigenvalue weighted by Gasteiger charge is -2.02. The number of rotatable bonds is 9. The molecule has 0 aromatic carbocycles. The van der Waals surface area contributed by atoms with Crippen molar-refractivity contribution >= 4 is 0 Å². The van der Waals surface area contributed by atoms with Crippen LogP contribution in [0.3, 0.4) is 0 Å². The van der Waals surface area contributed by atoms with E-state index in [1.165, 1.54) is 25.7 Å². The number of hydrogen-bond donors (Lipinski definition) is 0. The number of allylic oxidation sites excluding steroid dienone is 1. The SMILES string of the molecule is CC(C)CCCCCC=COCC1CO1. The van der Waals surface area contributed by atoms with Gasteiger partial charge in [0, 0.05) is 0 Å². The molecule has 1 aliphatic rings. The predicted molar refractivity (Wildman–Crippen MR) is 62.8 cm³/mol. The van der Waals surface area contributed by atoms with Crippen LogP contribution in [-0.2, 0) is 9.47 Å². The van der Waals surface area contributed by atoms with Crippen LogP contribution in [-0.4, -0.2) is 19.3 Å². The summed E-state index contributed by atoms with van der Waals surface area (Å²) in [5.41, 5.74) is 0. The molecule has 1 unspecified atom stereocenters. The molecule has 1 fully saturated rings. The third-order valence-corrected chi connectivity index (χ3v) is 2.53. The van der Waals surface area contributed by atoms with Crippen molar-refractivity contribution < 1.29 is 9.47 Å². The zero-order valence-electron chi connectivity index (χ0n) is 10.1. The van der Waals surface area contributed by atoms with Crippen molar-refractivity contribution in [1.82, 2.24) is 0 Å². The van der Waals surface area contributed by atoms with Crippen LogP contribution in [0.25, 0.3) is 0 Å². The zero-order chi connectivity index (χ0) is 10.9. The molecule has 88 valence electrons. The molecule has 2 nitrogen and oxygen atoms in total. The minimum atomic E-state index is 0.376. The Morgan fingerprint density at radius 1 is 1.33 bits per heavy atom. The summed E-state index contributed by atoms with van der Waals surface area (Å²) < 4.78 is 10.3. The fraction of sp³-hybridized carbons (Fsp3) is 0.846. The Labute approximate surface area is 93.7 Å². The van der Waals surface area contributed by atoms with Gasteiger partial charge in [-0.25, -0.2) is 0 Å². The molecular formula is C13H24O2. The van der Waals surface area contributed by atoms with E-state index < -0.39 is 0 Å². The third kappa shape index (κ3) is 8.49. The third-order valence-electron chi connectivity index (χ3n) is 2.53. The highest BCUT2D eigenvalue weighted by Crippen LogP contribution is 2.10. The van der Waals surface area contributed by atoms with Crippen LogP contribution < -0.4 is 0 Å². The molecule has 1 saturated heterocycles. The molecule has 1 atom stereocenters. The van der Waals surface area contributed by atoms with Gasteiger partial charge < -0.3 is 9.47 Å². The largest absolute Gasteiger partial charge is 0.499 e. The average molecular weight is 212 g/mol. The van der Waals surface area contributed by atoms with Crippen LogP contribution >= 0.6 is 0 Å². The monoisotopic (exact) mass is 212 g/mol.